The predicted octanol–water partition coefficient (Wildman–Crippen LogP) is 0.182. The fraction of sp³-hybridized carbons (Fsp3) is 0.600. The van der Waals surface area contributed by atoms with Crippen molar-refractivity contribution < 1.29 is 19.8 Å². The Morgan fingerprint density at radius 2 is 1.89 bits per heavy atom. The van der Waals surface area contributed by atoms with Crippen LogP contribution >= 0.6 is 0 Å². The first-order valence-electron chi connectivity index (χ1n) is 2.74. The highest BCUT2D eigenvalue weighted by molar-refractivity contribution is 5.97. The summed E-state index contributed by atoms with van der Waals surface area (Å²) in [6, 6.07) is 0. The molecule has 0 aromatic carbocycles. The summed E-state index contributed by atoms with van der Waals surface area (Å²) >= 11 is 0. The van der Waals surface area contributed by atoms with E-state index in [1.165, 1.54) is 13.8 Å². The number of carboxylic acid groups (broad SMARTS) is 2. The van der Waals surface area contributed by atoms with E-state index >= 15 is 0 Å². The lowest BCUT2D eigenvalue weighted by molar-refractivity contribution is -0.161. The molecular weight excluding hydrogens is 124 g/mol. The molecule has 0 fully saturated rings. The molecule has 0 spiro atoms. The third-order valence-electron chi connectivity index (χ3n) is 1.04. The molecular formula is C5H8O4. The van der Waals surface area contributed by atoms with Gasteiger partial charge in [0.15, 0.2) is 5.41 Å². The maximum atomic E-state index is 10.5. The molecule has 0 aromatic rings. The van der Waals surface area contributed by atoms with Gasteiger partial charge in [-0.1, -0.05) is 0 Å². The summed E-state index contributed by atoms with van der Waals surface area (Å²) in [6.45, 7) is 2.35. The van der Waals surface area contributed by atoms with Crippen molar-refractivity contribution in [1.82, 2.24) is 0 Å². The van der Waals surface area contributed by atoms with Crippen LogP contribution in [0.3, 0.4) is 0 Å². The second kappa shape index (κ2) is 2.05. The SMILES string of the molecule is [2H]OC(=O)C(C)(C)C(=O)O. The van der Waals surface area contributed by atoms with Gasteiger partial charge in [0, 0.05) is 0 Å². The molecule has 0 rings (SSSR count). The van der Waals surface area contributed by atoms with Crippen molar-refractivity contribution in [2.45, 2.75) is 13.8 Å². The summed E-state index contributed by atoms with van der Waals surface area (Å²) in [5, 5.41) is 11.9. The lowest BCUT2D eigenvalue weighted by atomic mass is 9.95. The molecule has 52 valence electrons. The van der Waals surface area contributed by atoms with E-state index in [4.69, 9.17) is 6.54 Å². The van der Waals surface area contributed by atoms with E-state index in [1.54, 1.807) is 0 Å². The van der Waals surface area contributed by atoms with E-state index in [9.17, 15) is 9.59 Å². The van der Waals surface area contributed by atoms with E-state index < -0.39 is 17.4 Å². The molecule has 0 aliphatic carbocycles. The third kappa shape index (κ3) is 1.42. The Labute approximate surface area is 53.6 Å². The Hall–Kier alpha value is -1.06. The van der Waals surface area contributed by atoms with Gasteiger partial charge in [-0.05, 0) is 13.8 Å². The number of rotatable bonds is 2. The highest BCUT2D eigenvalue weighted by atomic mass is 16.4. The van der Waals surface area contributed by atoms with E-state index in [0.717, 1.165) is 0 Å². The molecule has 0 aromatic heterocycles. The van der Waals surface area contributed by atoms with E-state index in [-0.39, 0.29) is 0 Å². The van der Waals surface area contributed by atoms with Gasteiger partial charge in [-0.15, -0.1) is 0 Å². The highest BCUT2D eigenvalue weighted by Gasteiger charge is 2.35. The van der Waals surface area contributed by atoms with Crippen molar-refractivity contribution in [2.75, 3.05) is 0 Å². The normalized spacial score (nSPS) is 12.0. The Bertz CT molecular complexity index is 163. The van der Waals surface area contributed by atoms with E-state index in [2.05, 4.69) is 5.11 Å². The van der Waals surface area contributed by atoms with Crippen LogP contribution in [0.4, 0.5) is 0 Å². The van der Waals surface area contributed by atoms with Gasteiger partial charge in [-0.3, -0.25) is 9.59 Å². The fourth-order valence-corrected chi connectivity index (χ4v) is 0.0873. The quantitative estimate of drug-likeness (QED) is 0.527. The monoisotopic (exact) mass is 133 g/mol. The molecule has 0 aliphatic rings. The highest BCUT2D eigenvalue weighted by Crippen LogP contribution is 2.13. The van der Waals surface area contributed by atoms with Crippen LogP contribution in [-0.4, -0.2) is 22.2 Å². The Morgan fingerprint density at radius 3 is 2.00 bits per heavy atom. The Morgan fingerprint density at radius 1 is 1.44 bits per heavy atom. The minimum absolute atomic E-state index is 1.07. The number of aliphatic carboxylic acids is 2. The number of carboxylic acids is 2. The molecule has 0 radical (unpaired) electrons. The third-order valence-corrected chi connectivity index (χ3v) is 1.04. The van der Waals surface area contributed by atoms with E-state index in [1.807, 2.05) is 0 Å². The van der Waals surface area contributed by atoms with Gasteiger partial charge in [-0.25, -0.2) is 0 Å². The van der Waals surface area contributed by atoms with Gasteiger partial charge in [0.1, 0.15) is 0 Å². The van der Waals surface area contributed by atoms with Crippen LogP contribution < -0.4 is 0 Å². The van der Waals surface area contributed by atoms with Crippen molar-refractivity contribution in [3.8, 4) is 0 Å². The first-order valence-corrected chi connectivity index (χ1v) is 2.34. The predicted molar refractivity (Wildman–Crippen MR) is 29.1 cm³/mol. The first kappa shape index (κ1) is 6.07. The second-order valence-corrected chi connectivity index (χ2v) is 2.22. The molecule has 9 heavy (non-hydrogen) atoms. The summed E-state index contributed by atoms with van der Waals surface area (Å²) in [6.07, 6.45) is 0. The molecule has 4 nitrogen and oxygen atoms in total. The molecule has 0 bridgehead atoms. The number of carbonyl (C=O) groups is 2. The van der Waals surface area contributed by atoms with Crippen LogP contribution in [-0.2, 0) is 9.59 Å². The standard InChI is InChI=1S/C5H8O4/c1-5(2,3(6)7)4(8)9/h1-2H3,(H,6,7)(H,8,9)/i/hD. The zero-order chi connectivity index (χ0) is 8.36. The van der Waals surface area contributed by atoms with Gasteiger partial charge in [0.25, 0.3) is 1.43 Å². The van der Waals surface area contributed by atoms with Crippen molar-refractivity contribution >= 4 is 11.9 Å². The average Bonchev–Trinajstić information content (AvgIpc) is 1.86. The van der Waals surface area contributed by atoms with Gasteiger partial charge in [0.2, 0.25) is 0 Å². The largest absolute Gasteiger partial charge is 0.480 e. The maximum Gasteiger partial charge on any atom is 0.320 e. The van der Waals surface area contributed by atoms with Crippen molar-refractivity contribution in [3.05, 3.63) is 0 Å². The molecule has 0 aliphatic heterocycles. The molecule has 0 saturated heterocycles. The molecule has 0 atom stereocenters. The lowest BCUT2D eigenvalue weighted by Gasteiger charge is -2.10. The molecule has 0 unspecified atom stereocenters. The van der Waals surface area contributed by atoms with Gasteiger partial charge in [-0.2, -0.15) is 0 Å². The molecule has 0 saturated carbocycles. The lowest BCUT2D eigenvalue weighted by Crippen LogP contribution is -2.32. The summed E-state index contributed by atoms with van der Waals surface area (Å²) < 4.78 is 6.14. The Kier molecular flexibility index (Phi) is 1.38. The minimum atomic E-state index is -1.62. The molecule has 0 amide bonds. The van der Waals surface area contributed by atoms with Crippen molar-refractivity contribution in [2.24, 2.45) is 5.41 Å². The molecule has 4 heteroatoms. The van der Waals surface area contributed by atoms with Crippen LogP contribution in [0.25, 0.3) is 1.43 Å². The van der Waals surface area contributed by atoms with Crippen LogP contribution in [0.2, 0.25) is 0 Å². The summed E-state index contributed by atoms with van der Waals surface area (Å²) in [4.78, 5) is 20.7. The van der Waals surface area contributed by atoms with E-state index in [0.29, 0.717) is 0 Å². The summed E-state index contributed by atoms with van der Waals surface area (Å²) in [5.74, 6) is -2.37. The van der Waals surface area contributed by atoms with Crippen LogP contribution in [0.15, 0.2) is 0 Å². The second-order valence-electron chi connectivity index (χ2n) is 2.22. The minimum Gasteiger partial charge on any atom is -0.480 e. The van der Waals surface area contributed by atoms with Crippen molar-refractivity contribution in [3.63, 3.8) is 0 Å². The molecule has 0 heterocycles. The number of hydrogen-bond acceptors (Lipinski definition) is 3. The van der Waals surface area contributed by atoms with Gasteiger partial charge in [0.05, 0.1) is 0 Å². The van der Waals surface area contributed by atoms with Crippen LogP contribution in [0.5, 0.6) is 0 Å². The van der Waals surface area contributed by atoms with Gasteiger partial charge >= 0.3 is 11.9 Å². The zero-order valence-corrected chi connectivity index (χ0v) is 5.17. The zero-order valence-electron chi connectivity index (χ0n) is 6.17. The smallest absolute Gasteiger partial charge is 0.320 e. The summed E-state index contributed by atoms with van der Waals surface area (Å²) in [5.41, 5.74) is -1.62. The maximum absolute atomic E-state index is 10.5. The van der Waals surface area contributed by atoms with Crippen molar-refractivity contribution in [1.29, 1.82) is 1.43 Å². The Balaban J connectivity index is 4.40. The van der Waals surface area contributed by atoms with Gasteiger partial charge < -0.3 is 10.2 Å². The average molecular weight is 133 g/mol. The molecule has 2 N–H and O–H groups in total. The first-order chi connectivity index (χ1) is 4.42. The van der Waals surface area contributed by atoms with Crippen LogP contribution in [0.1, 0.15) is 13.8 Å². The van der Waals surface area contributed by atoms with Crippen LogP contribution in [0, 0.1) is 5.41 Å². The topological polar surface area (TPSA) is 74.6 Å². The number of hydrogen-bond donors (Lipinski definition) is 2. The fourth-order valence-electron chi connectivity index (χ4n) is 0.0873. The summed E-state index contributed by atoms with van der Waals surface area (Å²) in [7, 11) is 0.